The van der Waals surface area contributed by atoms with Crippen LogP contribution < -0.4 is 5.73 Å². The van der Waals surface area contributed by atoms with Crippen LogP contribution in [0.2, 0.25) is 0 Å². The Morgan fingerprint density at radius 3 is 2.95 bits per heavy atom. The molecule has 1 aliphatic heterocycles. The Morgan fingerprint density at radius 2 is 2.25 bits per heavy atom. The van der Waals surface area contributed by atoms with Crippen molar-refractivity contribution in [3.63, 3.8) is 0 Å². The number of rotatable bonds is 1. The second-order valence-corrected chi connectivity index (χ2v) is 6.09. The third kappa shape index (κ3) is 1.53. The maximum Gasteiger partial charge on any atom is 0.256 e. The molecule has 0 aromatic carbocycles. The van der Waals surface area contributed by atoms with E-state index in [2.05, 4.69) is 5.10 Å². The van der Waals surface area contributed by atoms with Crippen molar-refractivity contribution in [3.05, 3.63) is 36.2 Å². The Morgan fingerprint density at radius 1 is 1.40 bits per heavy atom. The molecule has 5 heteroatoms. The molecule has 1 amide bonds. The molecule has 2 aliphatic rings. The Hall–Kier alpha value is -1.88. The standard InChI is InChI=1S/C15H18N4O/c16-13-9-18(10-15(13)5-2-6-15)14(20)11-3-1-8-19-12(11)4-7-17-19/h1,3-4,7-8,13H,2,5-6,9-10,16H2. The van der Waals surface area contributed by atoms with E-state index >= 15 is 0 Å². The van der Waals surface area contributed by atoms with E-state index in [1.807, 2.05) is 29.3 Å². The second kappa shape index (κ2) is 4.06. The zero-order chi connectivity index (χ0) is 13.7. The molecule has 2 aromatic heterocycles. The minimum absolute atomic E-state index is 0.0790. The quantitative estimate of drug-likeness (QED) is 0.849. The highest BCUT2D eigenvalue weighted by molar-refractivity contribution is 6.00. The zero-order valence-corrected chi connectivity index (χ0v) is 11.3. The van der Waals surface area contributed by atoms with Crippen LogP contribution in [0.1, 0.15) is 29.6 Å². The third-order valence-electron chi connectivity index (χ3n) is 5.01. The summed E-state index contributed by atoms with van der Waals surface area (Å²) in [5.41, 5.74) is 8.04. The highest BCUT2D eigenvalue weighted by Crippen LogP contribution is 2.47. The fraction of sp³-hybridized carbons (Fsp3) is 0.467. The van der Waals surface area contributed by atoms with Crippen LogP contribution in [0.3, 0.4) is 0 Å². The van der Waals surface area contributed by atoms with Gasteiger partial charge in [-0.25, -0.2) is 4.52 Å². The molecule has 1 atom stereocenters. The van der Waals surface area contributed by atoms with Crippen LogP contribution in [-0.2, 0) is 0 Å². The van der Waals surface area contributed by atoms with Gasteiger partial charge in [-0.05, 0) is 31.0 Å². The number of hydrogen-bond donors (Lipinski definition) is 1. The minimum atomic E-state index is 0.0790. The minimum Gasteiger partial charge on any atom is -0.336 e. The molecule has 20 heavy (non-hydrogen) atoms. The maximum atomic E-state index is 12.8. The van der Waals surface area contributed by atoms with Gasteiger partial charge in [0.1, 0.15) is 0 Å². The fourth-order valence-electron chi connectivity index (χ4n) is 3.61. The smallest absolute Gasteiger partial charge is 0.256 e. The van der Waals surface area contributed by atoms with E-state index in [0.29, 0.717) is 12.1 Å². The lowest BCUT2D eigenvalue weighted by molar-refractivity contribution is 0.0728. The van der Waals surface area contributed by atoms with Gasteiger partial charge in [0.2, 0.25) is 0 Å². The van der Waals surface area contributed by atoms with Crippen molar-refractivity contribution in [3.8, 4) is 0 Å². The highest BCUT2D eigenvalue weighted by Gasteiger charge is 2.50. The first kappa shape index (κ1) is 11.9. The summed E-state index contributed by atoms with van der Waals surface area (Å²) in [4.78, 5) is 14.7. The van der Waals surface area contributed by atoms with Gasteiger partial charge in [0.25, 0.3) is 5.91 Å². The van der Waals surface area contributed by atoms with Gasteiger partial charge in [0, 0.05) is 30.7 Å². The van der Waals surface area contributed by atoms with E-state index < -0.39 is 0 Å². The lowest BCUT2D eigenvalue weighted by Crippen LogP contribution is -2.45. The van der Waals surface area contributed by atoms with Crippen molar-refractivity contribution >= 4 is 11.4 Å². The first-order chi connectivity index (χ1) is 9.70. The van der Waals surface area contributed by atoms with Crippen LogP contribution in [0.4, 0.5) is 0 Å². The molecule has 1 unspecified atom stereocenters. The van der Waals surface area contributed by atoms with Crippen molar-refractivity contribution in [1.82, 2.24) is 14.5 Å². The molecule has 0 radical (unpaired) electrons. The van der Waals surface area contributed by atoms with Crippen molar-refractivity contribution in [2.45, 2.75) is 25.3 Å². The van der Waals surface area contributed by atoms with Crippen LogP contribution >= 0.6 is 0 Å². The van der Waals surface area contributed by atoms with E-state index in [0.717, 1.165) is 24.9 Å². The number of carbonyl (C=O) groups is 1. The van der Waals surface area contributed by atoms with Gasteiger partial charge < -0.3 is 10.6 Å². The first-order valence-corrected chi connectivity index (χ1v) is 7.17. The molecular formula is C15H18N4O. The summed E-state index contributed by atoms with van der Waals surface area (Å²) >= 11 is 0. The molecule has 2 aromatic rings. The molecule has 2 N–H and O–H groups in total. The Balaban J connectivity index is 1.66. The summed E-state index contributed by atoms with van der Waals surface area (Å²) in [6.45, 7) is 1.48. The average Bonchev–Trinajstić information content (AvgIpc) is 3.00. The molecule has 5 nitrogen and oxygen atoms in total. The second-order valence-electron chi connectivity index (χ2n) is 6.09. The topological polar surface area (TPSA) is 63.6 Å². The molecule has 0 bridgehead atoms. The first-order valence-electron chi connectivity index (χ1n) is 7.17. The van der Waals surface area contributed by atoms with Gasteiger partial charge in [0.05, 0.1) is 17.3 Å². The molecule has 1 aliphatic carbocycles. The number of nitrogens with two attached hydrogens (primary N) is 1. The van der Waals surface area contributed by atoms with Crippen LogP contribution in [0, 0.1) is 5.41 Å². The Kier molecular flexibility index (Phi) is 2.41. The van der Waals surface area contributed by atoms with Gasteiger partial charge in [-0.3, -0.25) is 4.79 Å². The van der Waals surface area contributed by atoms with E-state index in [9.17, 15) is 4.79 Å². The third-order valence-corrected chi connectivity index (χ3v) is 5.01. The number of aromatic nitrogens is 2. The zero-order valence-electron chi connectivity index (χ0n) is 11.3. The maximum absolute atomic E-state index is 12.8. The number of carbonyl (C=O) groups excluding carboxylic acids is 1. The van der Waals surface area contributed by atoms with E-state index in [1.54, 1.807) is 10.7 Å². The summed E-state index contributed by atoms with van der Waals surface area (Å²) in [7, 11) is 0. The molecule has 1 saturated heterocycles. The van der Waals surface area contributed by atoms with Crippen LogP contribution in [0.15, 0.2) is 30.6 Å². The summed E-state index contributed by atoms with van der Waals surface area (Å²) in [6.07, 6.45) is 7.14. The molecule has 3 heterocycles. The predicted molar refractivity (Wildman–Crippen MR) is 75.4 cm³/mol. The molecule has 104 valence electrons. The highest BCUT2D eigenvalue weighted by atomic mass is 16.2. The van der Waals surface area contributed by atoms with E-state index in [-0.39, 0.29) is 17.4 Å². The van der Waals surface area contributed by atoms with Gasteiger partial charge in [-0.15, -0.1) is 0 Å². The summed E-state index contributed by atoms with van der Waals surface area (Å²) in [5.74, 6) is 0.0790. The lowest BCUT2D eigenvalue weighted by Gasteiger charge is -2.41. The van der Waals surface area contributed by atoms with Crippen molar-refractivity contribution in [1.29, 1.82) is 0 Å². The number of hydrogen-bond acceptors (Lipinski definition) is 3. The van der Waals surface area contributed by atoms with Crippen LogP contribution in [0.5, 0.6) is 0 Å². The van der Waals surface area contributed by atoms with Crippen molar-refractivity contribution < 1.29 is 4.79 Å². The van der Waals surface area contributed by atoms with Crippen molar-refractivity contribution in [2.75, 3.05) is 13.1 Å². The van der Waals surface area contributed by atoms with Crippen molar-refractivity contribution in [2.24, 2.45) is 11.1 Å². The summed E-state index contributed by atoms with van der Waals surface area (Å²) in [6, 6.07) is 5.74. The Bertz CT molecular complexity index is 673. The van der Waals surface area contributed by atoms with Crippen LogP contribution in [-0.4, -0.2) is 39.6 Å². The molecule has 1 spiro atoms. The number of pyridine rings is 1. The van der Waals surface area contributed by atoms with E-state index in [1.165, 1.54) is 6.42 Å². The summed E-state index contributed by atoms with van der Waals surface area (Å²) in [5, 5.41) is 4.18. The average molecular weight is 270 g/mol. The molecular weight excluding hydrogens is 252 g/mol. The number of amides is 1. The number of fused-ring (bicyclic) bond motifs is 1. The number of likely N-dealkylation sites (tertiary alicyclic amines) is 1. The van der Waals surface area contributed by atoms with Gasteiger partial charge in [-0.2, -0.15) is 5.10 Å². The predicted octanol–water partition coefficient (Wildman–Crippen LogP) is 1.29. The largest absolute Gasteiger partial charge is 0.336 e. The molecule has 4 rings (SSSR count). The summed E-state index contributed by atoms with van der Waals surface area (Å²) < 4.78 is 1.74. The van der Waals surface area contributed by atoms with Crippen LogP contribution in [0.25, 0.3) is 5.52 Å². The normalized spacial score (nSPS) is 24.2. The molecule has 2 fully saturated rings. The van der Waals surface area contributed by atoms with E-state index in [4.69, 9.17) is 5.73 Å². The SMILES string of the molecule is NC1CN(C(=O)c2cccn3nccc23)CC12CCC2. The fourth-order valence-corrected chi connectivity index (χ4v) is 3.61. The molecule has 1 saturated carbocycles. The van der Waals surface area contributed by atoms with Gasteiger partial charge in [-0.1, -0.05) is 6.42 Å². The lowest BCUT2D eigenvalue weighted by atomic mass is 9.66. The monoisotopic (exact) mass is 270 g/mol. The van der Waals surface area contributed by atoms with Gasteiger partial charge in [0.15, 0.2) is 0 Å². The van der Waals surface area contributed by atoms with Gasteiger partial charge >= 0.3 is 0 Å². The number of nitrogens with zero attached hydrogens (tertiary/aromatic N) is 3. The Labute approximate surface area is 117 Å².